The first-order valence-corrected chi connectivity index (χ1v) is 5.52. The van der Waals surface area contributed by atoms with Gasteiger partial charge in [-0.3, -0.25) is 0 Å². The molecule has 1 saturated heterocycles. The highest BCUT2D eigenvalue weighted by atomic mass is 32.1. The van der Waals surface area contributed by atoms with Crippen molar-refractivity contribution in [2.75, 3.05) is 13.2 Å². The first-order valence-electron chi connectivity index (χ1n) is 4.64. The molecule has 0 bridgehead atoms. The number of rotatable bonds is 2. The standard InChI is InChI=1S/C11H10O3S/c12-4-2-1-3-9-7-10(15-8-9)11-13-5-6-14-11/h4,7-8,11H,2,5-6H2. The fraction of sp³-hybridized carbons (Fsp3) is 0.364. The molecule has 4 heteroatoms. The molecule has 0 radical (unpaired) electrons. The maximum absolute atomic E-state index is 10.1. The Bertz CT molecular complexity index is 393. The van der Waals surface area contributed by atoms with Crippen LogP contribution in [0.5, 0.6) is 0 Å². The summed E-state index contributed by atoms with van der Waals surface area (Å²) in [6.07, 6.45) is 0.849. The van der Waals surface area contributed by atoms with Gasteiger partial charge in [-0.25, -0.2) is 0 Å². The minimum Gasteiger partial charge on any atom is -0.345 e. The molecule has 0 aliphatic carbocycles. The zero-order chi connectivity index (χ0) is 10.5. The minimum absolute atomic E-state index is 0.225. The molecule has 0 unspecified atom stereocenters. The smallest absolute Gasteiger partial charge is 0.193 e. The molecule has 1 aliphatic rings. The van der Waals surface area contributed by atoms with Crippen LogP contribution in [0, 0.1) is 11.8 Å². The monoisotopic (exact) mass is 222 g/mol. The normalized spacial score (nSPS) is 16.0. The van der Waals surface area contributed by atoms with Crippen LogP contribution >= 0.6 is 11.3 Å². The van der Waals surface area contributed by atoms with Crippen LogP contribution < -0.4 is 0 Å². The Balaban J connectivity index is 2.04. The number of carbonyl (C=O) groups is 1. The second kappa shape index (κ2) is 5.08. The number of ether oxygens (including phenoxy) is 2. The van der Waals surface area contributed by atoms with Gasteiger partial charge in [-0.15, -0.1) is 11.3 Å². The fourth-order valence-electron chi connectivity index (χ4n) is 1.26. The van der Waals surface area contributed by atoms with Crippen LogP contribution in [-0.4, -0.2) is 19.5 Å². The van der Waals surface area contributed by atoms with Crippen molar-refractivity contribution in [3.63, 3.8) is 0 Å². The van der Waals surface area contributed by atoms with Gasteiger partial charge >= 0.3 is 0 Å². The third kappa shape index (κ3) is 2.66. The minimum atomic E-state index is -0.225. The summed E-state index contributed by atoms with van der Waals surface area (Å²) in [5.41, 5.74) is 0.913. The van der Waals surface area contributed by atoms with Crippen LogP contribution in [-0.2, 0) is 14.3 Å². The van der Waals surface area contributed by atoms with Crippen molar-refractivity contribution in [3.8, 4) is 11.8 Å². The van der Waals surface area contributed by atoms with E-state index in [2.05, 4.69) is 11.8 Å². The van der Waals surface area contributed by atoms with Crippen molar-refractivity contribution in [3.05, 3.63) is 21.9 Å². The molecule has 0 spiro atoms. The fourth-order valence-corrected chi connectivity index (χ4v) is 2.09. The maximum atomic E-state index is 10.1. The summed E-state index contributed by atoms with van der Waals surface area (Å²) in [6.45, 7) is 1.30. The maximum Gasteiger partial charge on any atom is 0.193 e. The van der Waals surface area contributed by atoms with Crippen molar-refractivity contribution in [2.45, 2.75) is 12.7 Å². The van der Waals surface area contributed by atoms with Gasteiger partial charge in [0.2, 0.25) is 0 Å². The molecule has 78 valence electrons. The summed E-state index contributed by atoms with van der Waals surface area (Å²) >= 11 is 1.56. The highest BCUT2D eigenvalue weighted by Crippen LogP contribution is 2.28. The van der Waals surface area contributed by atoms with E-state index in [0.29, 0.717) is 13.2 Å². The second-order valence-electron chi connectivity index (χ2n) is 2.98. The molecule has 1 fully saturated rings. The molecule has 0 atom stereocenters. The first kappa shape index (κ1) is 10.4. The Morgan fingerprint density at radius 3 is 3.07 bits per heavy atom. The number of hydrogen-bond acceptors (Lipinski definition) is 4. The van der Waals surface area contributed by atoms with Gasteiger partial charge in [-0.2, -0.15) is 0 Å². The molecule has 1 aromatic rings. The summed E-state index contributed by atoms with van der Waals surface area (Å²) in [4.78, 5) is 11.1. The lowest BCUT2D eigenvalue weighted by atomic mass is 10.3. The van der Waals surface area contributed by atoms with Crippen molar-refractivity contribution in [2.24, 2.45) is 0 Å². The summed E-state index contributed by atoms with van der Waals surface area (Å²) in [7, 11) is 0. The number of hydrogen-bond donors (Lipinski definition) is 0. The van der Waals surface area contributed by atoms with Crippen molar-refractivity contribution in [1.29, 1.82) is 0 Å². The van der Waals surface area contributed by atoms with E-state index in [1.54, 1.807) is 11.3 Å². The zero-order valence-corrected chi connectivity index (χ0v) is 8.88. The third-order valence-electron chi connectivity index (χ3n) is 1.89. The lowest BCUT2D eigenvalue weighted by Gasteiger charge is -2.03. The Morgan fingerprint density at radius 2 is 2.33 bits per heavy atom. The summed E-state index contributed by atoms with van der Waals surface area (Å²) in [6, 6.07) is 1.94. The molecule has 0 amide bonds. The van der Waals surface area contributed by atoms with Gasteiger partial charge < -0.3 is 14.3 Å². The second-order valence-corrected chi connectivity index (χ2v) is 3.93. The number of thiophene rings is 1. The number of aldehydes is 1. The summed E-state index contributed by atoms with van der Waals surface area (Å²) in [5.74, 6) is 5.67. The average Bonchev–Trinajstić information content (AvgIpc) is 2.87. The number of carbonyl (C=O) groups excluding carboxylic acids is 1. The van der Waals surface area contributed by atoms with Gasteiger partial charge in [0.25, 0.3) is 0 Å². The molecular weight excluding hydrogens is 212 g/mol. The lowest BCUT2D eigenvalue weighted by molar-refractivity contribution is -0.107. The topological polar surface area (TPSA) is 35.5 Å². The Hall–Kier alpha value is -1.15. The summed E-state index contributed by atoms with van der Waals surface area (Å²) in [5, 5.41) is 1.94. The average molecular weight is 222 g/mol. The molecule has 1 aliphatic heterocycles. The van der Waals surface area contributed by atoms with E-state index in [-0.39, 0.29) is 12.7 Å². The predicted octanol–water partition coefficient (Wildman–Crippen LogP) is 1.73. The van der Waals surface area contributed by atoms with Crippen LogP contribution in [0.3, 0.4) is 0 Å². The van der Waals surface area contributed by atoms with Gasteiger partial charge in [0.1, 0.15) is 6.29 Å². The van der Waals surface area contributed by atoms with Crippen molar-refractivity contribution < 1.29 is 14.3 Å². The highest BCUT2D eigenvalue weighted by molar-refractivity contribution is 7.10. The van der Waals surface area contributed by atoms with Crippen LogP contribution in [0.4, 0.5) is 0 Å². The molecule has 0 saturated carbocycles. The highest BCUT2D eigenvalue weighted by Gasteiger charge is 2.19. The largest absolute Gasteiger partial charge is 0.345 e. The van der Waals surface area contributed by atoms with E-state index in [1.165, 1.54) is 0 Å². The zero-order valence-electron chi connectivity index (χ0n) is 8.06. The van der Waals surface area contributed by atoms with E-state index in [1.807, 2.05) is 11.4 Å². The van der Waals surface area contributed by atoms with Gasteiger partial charge in [0.05, 0.1) is 24.5 Å². The van der Waals surface area contributed by atoms with Crippen LogP contribution in [0.1, 0.15) is 23.2 Å². The molecular formula is C11H10O3S. The van der Waals surface area contributed by atoms with Gasteiger partial charge in [-0.1, -0.05) is 11.8 Å². The van der Waals surface area contributed by atoms with Crippen molar-refractivity contribution in [1.82, 2.24) is 0 Å². The molecule has 0 aromatic carbocycles. The Morgan fingerprint density at radius 1 is 1.53 bits per heavy atom. The van der Waals surface area contributed by atoms with Gasteiger partial charge in [0.15, 0.2) is 6.29 Å². The van der Waals surface area contributed by atoms with Gasteiger partial charge in [0, 0.05) is 10.9 Å². The Kier molecular flexibility index (Phi) is 3.51. The van der Waals surface area contributed by atoms with E-state index in [9.17, 15) is 4.79 Å². The molecule has 3 nitrogen and oxygen atoms in total. The van der Waals surface area contributed by atoms with Crippen LogP contribution in [0.2, 0.25) is 0 Å². The molecule has 2 heterocycles. The lowest BCUT2D eigenvalue weighted by Crippen LogP contribution is -1.93. The van der Waals surface area contributed by atoms with Crippen LogP contribution in [0.25, 0.3) is 0 Å². The molecule has 1 aromatic heterocycles. The van der Waals surface area contributed by atoms with Gasteiger partial charge in [-0.05, 0) is 6.07 Å². The van der Waals surface area contributed by atoms with E-state index >= 15 is 0 Å². The predicted molar refractivity (Wildman–Crippen MR) is 56.5 cm³/mol. The Labute approximate surface area is 92.0 Å². The third-order valence-corrected chi connectivity index (χ3v) is 2.85. The summed E-state index contributed by atoms with van der Waals surface area (Å²) < 4.78 is 10.7. The first-order chi connectivity index (χ1) is 7.40. The van der Waals surface area contributed by atoms with Crippen molar-refractivity contribution >= 4 is 17.6 Å². The quantitative estimate of drug-likeness (QED) is 0.564. The molecule has 15 heavy (non-hydrogen) atoms. The molecule has 0 N–H and O–H groups in total. The van der Waals surface area contributed by atoms with Crippen LogP contribution in [0.15, 0.2) is 11.4 Å². The SMILES string of the molecule is O=CCC#Cc1csc(C2OCCO2)c1. The van der Waals surface area contributed by atoms with E-state index in [4.69, 9.17) is 9.47 Å². The molecule has 2 rings (SSSR count). The van der Waals surface area contributed by atoms with E-state index in [0.717, 1.165) is 16.7 Å². The van der Waals surface area contributed by atoms with E-state index < -0.39 is 0 Å².